The molecule has 1 aliphatic rings. The SMILES string of the molecule is O=C(O)c1cccc(CCCCCCC(=O)N2CCCC2)c1. The number of likely N-dealkylation sites (tertiary alicyclic amines) is 1. The molecule has 1 saturated heterocycles. The highest BCUT2D eigenvalue weighted by molar-refractivity contribution is 5.87. The van der Waals surface area contributed by atoms with E-state index in [-0.39, 0.29) is 0 Å². The summed E-state index contributed by atoms with van der Waals surface area (Å²) in [6, 6.07) is 7.14. The zero-order valence-electron chi connectivity index (χ0n) is 13.1. The van der Waals surface area contributed by atoms with Gasteiger partial charge in [-0.1, -0.05) is 25.0 Å². The summed E-state index contributed by atoms with van der Waals surface area (Å²) in [7, 11) is 0. The highest BCUT2D eigenvalue weighted by Crippen LogP contribution is 2.13. The van der Waals surface area contributed by atoms with Crippen LogP contribution >= 0.6 is 0 Å². The van der Waals surface area contributed by atoms with Crippen LogP contribution in [0.1, 0.15) is 60.9 Å². The number of rotatable bonds is 8. The van der Waals surface area contributed by atoms with Crippen molar-refractivity contribution in [1.82, 2.24) is 4.90 Å². The van der Waals surface area contributed by atoms with Gasteiger partial charge in [-0.25, -0.2) is 4.79 Å². The van der Waals surface area contributed by atoms with Gasteiger partial charge in [0.1, 0.15) is 0 Å². The number of aryl methyl sites for hydroxylation is 1. The minimum absolute atomic E-state index is 0.312. The number of carboxylic acids is 1. The summed E-state index contributed by atoms with van der Waals surface area (Å²) in [6.07, 6.45) is 8.05. The molecule has 0 bridgehead atoms. The Morgan fingerprint density at radius 1 is 1.05 bits per heavy atom. The molecular formula is C18H25NO3. The number of carboxylic acid groups (broad SMARTS) is 1. The molecule has 0 unspecified atom stereocenters. The predicted octanol–water partition coefficient (Wildman–Crippen LogP) is 3.50. The fourth-order valence-corrected chi connectivity index (χ4v) is 2.94. The third-order valence-electron chi connectivity index (χ3n) is 4.24. The van der Waals surface area contributed by atoms with E-state index in [4.69, 9.17) is 5.11 Å². The van der Waals surface area contributed by atoms with Crippen LogP contribution in [0.15, 0.2) is 24.3 Å². The molecule has 1 N–H and O–H groups in total. The van der Waals surface area contributed by atoms with Gasteiger partial charge < -0.3 is 10.0 Å². The lowest BCUT2D eigenvalue weighted by atomic mass is 10.0. The molecule has 1 amide bonds. The van der Waals surface area contributed by atoms with Gasteiger partial charge in [0.25, 0.3) is 0 Å². The fraction of sp³-hybridized carbons (Fsp3) is 0.556. The Balaban J connectivity index is 1.58. The van der Waals surface area contributed by atoms with Crippen molar-refractivity contribution in [3.8, 4) is 0 Å². The summed E-state index contributed by atoms with van der Waals surface area (Å²) in [5.41, 5.74) is 1.43. The van der Waals surface area contributed by atoms with E-state index in [2.05, 4.69) is 0 Å². The van der Waals surface area contributed by atoms with Crippen molar-refractivity contribution < 1.29 is 14.7 Å². The predicted molar refractivity (Wildman–Crippen MR) is 86.0 cm³/mol. The molecule has 2 rings (SSSR count). The van der Waals surface area contributed by atoms with Gasteiger partial charge >= 0.3 is 5.97 Å². The Hall–Kier alpha value is -1.84. The van der Waals surface area contributed by atoms with Crippen molar-refractivity contribution in [2.24, 2.45) is 0 Å². The first-order valence-electron chi connectivity index (χ1n) is 8.27. The molecule has 1 aromatic rings. The van der Waals surface area contributed by atoms with Gasteiger partial charge in [0, 0.05) is 19.5 Å². The van der Waals surface area contributed by atoms with E-state index < -0.39 is 5.97 Å². The molecule has 1 aliphatic heterocycles. The Labute approximate surface area is 132 Å². The van der Waals surface area contributed by atoms with Crippen molar-refractivity contribution in [2.45, 2.75) is 51.4 Å². The van der Waals surface area contributed by atoms with E-state index in [1.165, 1.54) is 0 Å². The molecule has 1 aromatic carbocycles. The van der Waals surface area contributed by atoms with Gasteiger partial charge in [-0.05, 0) is 49.8 Å². The summed E-state index contributed by atoms with van der Waals surface area (Å²) in [6.45, 7) is 1.89. The maximum Gasteiger partial charge on any atom is 0.335 e. The minimum atomic E-state index is -0.873. The molecule has 4 heteroatoms. The average molecular weight is 303 g/mol. The number of nitrogens with zero attached hydrogens (tertiary/aromatic N) is 1. The second-order valence-corrected chi connectivity index (χ2v) is 6.01. The normalized spacial score (nSPS) is 14.3. The van der Waals surface area contributed by atoms with Gasteiger partial charge in [-0.15, -0.1) is 0 Å². The monoisotopic (exact) mass is 303 g/mol. The minimum Gasteiger partial charge on any atom is -0.478 e. The van der Waals surface area contributed by atoms with Crippen LogP contribution in [0.3, 0.4) is 0 Å². The maximum absolute atomic E-state index is 11.9. The molecule has 0 aromatic heterocycles. The Kier molecular flexibility index (Phi) is 6.44. The molecule has 0 saturated carbocycles. The first-order chi connectivity index (χ1) is 10.7. The second-order valence-electron chi connectivity index (χ2n) is 6.01. The van der Waals surface area contributed by atoms with Gasteiger partial charge in [-0.3, -0.25) is 4.79 Å². The van der Waals surface area contributed by atoms with E-state index in [9.17, 15) is 9.59 Å². The highest BCUT2D eigenvalue weighted by atomic mass is 16.4. The first-order valence-corrected chi connectivity index (χ1v) is 8.27. The summed E-state index contributed by atoms with van der Waals surface area (Å²) < 4.78 is 0. The number of hydrogen-bond acceptors (Lipinski definition) is 2. The molecule has 1 heterocycles. The van der Waals surface area contributed by atoms with Crippen LogP contribution in [-0.2, 0) is 11.2 Å². The average Bonchev–Trinajstić information content (AvgIpc) is 3.05. The molecule has 22 heavy (non-hydrogen) atoms. The zero-order valence-corrected chi connectivity index (χ0v) is 13.1. The van der Waals surface area contributed by atoms with Gasteiger partial charge in [0.2, 0.25) is 5.91 Å². The van der Waals surface area contributed by atoms with Crippen LogP contribution in [0.2, 0.25) is 0 Å². The van der Waals surface area contributed by atoms with Crippen molar-refractivity contribution in [3.05, 3.63) is 35.4 Å². The quantitative estimate of drug-likeness (QED) is 0.748. The van der Waals surface area contributed by atoms with Gasteiger partial charge in [0.15, 0.2) is 0 Å². The number of benzene rings is 1. The molecule has 0 aliphatic carbocycles. The Morgan fingerprint density at radius 3 is 2.50 bits per heavy atom. The van der Waals surface area contributed by atoms with Crippen LogP contribution in [0.25, 0.3) is 0 Å². The lowest BCUT2D eigenvalue weighted by Gasteiger charge is -2.14. The number of carbonyl (C=O) groups is 2. The van der Waals surface area contributed by atoms with Gasteiger partial charge in [0.05, 0.1) is 5.56 Å². The third kappa shape index (κ3) is 5.17. The third-order valence-corrected chi connectivity index (χ3v) is 4.24. The summed E-state index contributed by atoms with van der Waals surface area (Å²) in [5, 5.41) is 8.96. The van der Waals surface area contributed by atoms with Crippen LogP contribution in [-0.4, -0.2) is 35.0 Å². The van der Waals surface area contributed by atoms with E-state index in [0.717, 1.165) is 63.6 Å². The van der Waals surface area contributed by atoms with E-state index >= 15 is 0 Å². The molecular weight excluding hydrogens is 278 g/mol. The number of unbranched alkanes of at least 4 members (excludes halogenated alkanes) is 3. The van der Waals surface area contributed by atoms with E-state index in [0.29, 0.717) is 17.9 Å². The first kappa shape index (κ1) is 16.5. The lowest BCUT2D eigenvalue weighted by Crippen LogP contribution is -2.27. The number of hydrogen-bond donors (Lipinski definition) is 1. The van der Waals surface area contributed by atoms with Crippen LogP contribution in [0.5, 0.6) is 0 Å². The van der Waals surface area contributed by atoms with Crippen molar-refractivity contribution >= 4 is 11.9 Å². The lowest BCUT2D eigenvalue weighted by molar-refractivity contribution is -0.130. The number of aromatic carboxylic acids is 1. The maximum atomic E-state index is 11.9. The highest BCUT2D eigenvalue weighted by Gasteiger charge is 2.16. The van der Waals surface area contributed by atoms with Crippen molar-refractivity contribution in [3.63, 3.8) is 0 Å². The Morgan fingerprint density at radius 2 is 1.77 bits per heavy atom. The van der Waals surface area contributed by atoms with E-state index in [1.807, 2.05) is 11.0 Å². The summed E-state index contributed by atoms with van der Waals surface area (Å²) in [5.74, 6) is -0.561. The van der Waals surface area contributed by atoms with Crippen LogP contribution < -0.4 is 0 Å². The molecule has 1 fully saturated rings. The number of carbonyl (C=O) groups excluding carboxylic acids is 1. The fourth-order valence-electron chi connectivity index (χ4n) is 2.94. The summed E-state index contributed by atoms with van der Waals surface area (Å²) >= 11 is 0. The zero-order chi connectivity index (χ0) is 15.8. The van der Waals surface area contributed by atoms with Crippen LogP contribution in [0.4, 0.5) is 0 Å². The van der Waals surface area contributed by atoms with Crippen LogP contribution in [0, 0.1) is 0 Å². The Bertz CT molecular complexity index is 507. The van der Waals surface area contributed by atoms with Gasteiger partial charge in [-0.2, -0.15) is 0 Å². The van der Waals surface area contributed by atoms with Crippen molar-refractivity contribution in [1.29, 1.82) is 0 Å². The molecule has 0 atom stereocenters. The molecule has 120 valence electrons. The summed E-state index contributed by atoms with van der Waals surface area (Å²) in [4.78, 5) is 24.8. The van der Waals surface area contributed by atoms with E-state index in [1.54, 1.807) is 18.2 Å². The standard InChI is InChI=1S/C18H25NO3/c20-17(19-12-5-6-13-19)11-4-2-1-3-8-15-9-7-10-16(14-15)18(21)22/h7,9-10,14H,1-6,8,11-13H2,(H,21,22). The van der Waals surface area contributed by atoms with Crippen molar-refractivity contribution in [2.75, 3.05) is 13.1 Å². The molecule has 0 spiro atoms. The number of amides is 1. The second kappa shape index (κ2) is 8.57. The molecule has 4 nitrogen and oxygen atoms in total. The largest absolute Gasteiger partial charge is 0.478 e. The molecule has 0 radical (unpaired) electrons. The smallest absolute Gasteiger partial charge is 0.335 e. The topological polar surface area (TPSA) is 57.6 Å².